The molecule has 0 saturated carbocycles. The predicted molar refractivity (Wildman–Crippen MR) is 37.9 cm³/mol. The Morgan fingerprint density at radius 1 is 1.55 bits per heavy atom. The van der Waals surface area contributed by atoms with Crippen LogP contribution in [0, 0.1) is 0 Å². The molecule has 0 aliphatic rings. The molecule has 0 aliphatic heterocycles. The third-order valence-electron chi connectivity index (χ3n) is 0.792. The van der Waals surface area contributed by atoms with Crippen molar-refractivity contribution in [1.82, 2.24) is 0 Å². The topological polar surface area (TPSA) is 52.6 Å². The molecule has 0 radical (unpaired) electrons. The van der Waals surface area contributed by atoms with E-state index in [9.17, 15) is 9.59 Å². The maximum Gasteiger partial charge on any atom is 0.508 e. The first kappa shape index (κ1) is 9.72. The number of carbonyl (C=O) groups is 1. The summed E-state index contributed by atoms with van der Waals surface area (Å²) in [6.07, 6.45) is 1.06. The molecule has 0 heterocycles. The van der Waals surface area contributed by atoms with Gasteiger partial charge in [-0.3, -0.25) is 0 Å². The van der Waals surface area contributed by atoms with Gasteiger partial charge in [0.05, 0.1) is 6.61 Å². The van der Waals surface area contributed by atoms with Gasteiger partial charge in [-0.15, -0.1) is 0 Å². The van der Waals surface area contributed by atoms with Gasteiger partial charge in [-0.05, 0) is 6.42 Å². The summed E-state index contributed by atoms with van der Waals surface area (Å²) in [5, 5.41) is 0. The Labute approximate surface area is 64.8 Å². The number of hydrogen-bond acceptors (Lipinski definition) is 4. The average molecular weight is 158 g/mol. The Balaban J connectivity index is 3.29. The summed E-state index contributed by atoms with van der Waals surface area (Å²) in [6, 6.07) is 0. The predicted octanol–water partition coefficient (Wildman–Crippen LogP) is 0.937. The lowest BCUT2D eigenvalue weighted by molar-refractivity contribution is 0.0635. The summed E-state index contributed by atoms with van der Waals surface area (Å²) in [4.78, 5) is 20.1. The van der Waals surface area contributed by atoms with Gasteiger partial charge < -0.3 is 9.47 Å². The molecule has 62 valence electrons. The molecule has 0 spiro atoms. The van der Waals surface area contributed by atoms with Gasteiger partial charge >= 0.3 is 6.16 Å². The average Bonchev–Trinajstić information content (AvgIpc) is 2.01. The molecular formula is C7H10O4. The van der Waals surface area contributed by atoms with Crippen molar-refractivity contribution in [2.24, 2.45) is 0 Å². The van der Waals surface area contributed by atoms with Crippen molar-refractivity contribution in [1.29, 1.82) is 0 Å². The van der Waals surface area contributed by atoms with Gasteiger partial charge in [0.25, 0.3) is 0 Å². The molecule has 0 aromatic carbocycles. The zero-order chi connectivity index (χ0) is 8.53. The molecule has 0 rings (SSSR count). The highest BCUT2D eigenvalue weighted by Crippen LogP contribution is 1.86. The van der Waals surface area contributed by atoms with Gasteiger partial charge in [-0.2, -0.15) is 0 Å². The van der Waals surface area contributed by atoms with Crippen LogP contribution in [0.1, 0.15) is 13.3 Å². The van der Waals surface area contributed by atoms with Crippen molar-refractivity contribution in [2.45, 2.75) is 13.3 Å². The fourth-order valence-electron chi connectivity index (χ4n) is 0.371. The van der Waals surface area contributed by atoms with E-state index >= 15 is 0 Å². The van der Waals surface area contributed by atoms with Crippen molar-refractivity contribution >= 4 is 12.1 Å². The zero-order valence-electron chi connectivity index (χ0n) is 6.33. The monoisotopic (exact) mass is 158 g/mol. The van der Waals surface area contributed by atoms with E-state index in [0.717, 1.165) is 12.5 Å². The van der Waals surface area contributed by atoms with E-state index in [4.69, 9.17) is 0 Å². The normalized spacial score (nSPS) is 8.09. The number of rotatable bonds is 4. The van der Waals surface area contributed by atoms with Gasteiger partial charge in [0.2, 0.25) is 0 Å². The minimum Gasteiger partial charge on any atom is -0.434 e. The molecule has 4 heteroatoms. The van der Waals surface area contributed by atoms with Gasteiger partial charge in [0.15, 0.2) is 0 Å². The van der Waals surface area contributed by atoms with Crippen molar-refractivity contribution in [3.05, 3.63) is 6.08 Å². The van der Waals surface area contributed by atoms with Crippen LogP contribution in [0.25, 0.3) is 0 Å². The number of hydrogen-bond donors (Lipinski definition) is 0. The second-order valence-corrected chi connectivity index (χ2v) is 1.73. The van der Waals surface area contributed by atoms with Crippen LogP contribution in [0.3, 0.4) is 0 Å². The minimum absolute atomic E-state index is 0.0773. The summed E-state index contributed by atoms with van der Waals surface area (Å²) in [6.45, 7) is 2.13. The molecule has 0 bridgehead atoms. The van der Waals surface area contributed by atoms with E-state index in [2.05, 4.69) is 9.47 Å². The molecule has 0 atom stereocenters. The Morgan fingerprint density at radius 2 is 2.27 bits per heavy atom. The van der Waals surface area contributed by atoms with Crippen LogP contribution in [0.15, 0.2) is 6.08 Å². The molecular weight excluding hydrogens is 148 g/mol. The maximum absolute atomic E-state index is 10.5. The molecule has 0 aromatic rings. The summed E-state index contributed by atoms with van der Waals surface area (Å²) >= 11 is 0. The van der Waals surface area contributed by atoms with Crippen LogP contribution in [0.2, 0.25) is 0 Å². The molecule has 0 amide bonds. The fourth-order valence-corrected chi connectivity index (χ4v) is 0.371. The molecule has 0 fully saturated rings. The second kappa shape index (κ2) is 6.83. The van der Waals surface area contributed by atoms with Crippen molar-refractivity contribution in [3.63, 3.8) is 0 Å². The van der Waals surface area contributed by atoms with Gasteiger partial charge in [0.1, 0.15) is 12.5 Å². The zero-order valence-corrected chi connectivity index (χ0v) is 6.33. The molecule has 0 aromatic heterocycles. The number of ether oxygens (including phenoxy) is 2. The molecule has 0 N–H and O–H groups in total. The summed E-state index contributed by atoms with van der Waals surface area (Å²) in [7, 11) is 0. The van der Waals surface area contributed by atoms with Gasteiger partial charge in [-0.1, -0.05) is 6.92 Å². The Bertz CT molecular complexity index is 158. The largest absolute Gasteiger partial charge is 0.508 e. The van der Waals surface area contributed by atoms with Gasteiger partial charge in [0, 0.05) is 6.08 Å². The summed E-state index contributed by atoms with van der Waals surface area (Å²) < 4.78 is 8.93. The van der Waals surface area contributed by atoms with Crippen LogP contribution in [0.5, 0.6) is 0 Å². The first-order valence-corrected chi connectivity index (χ1v) is 3.30. The van der Waals surface area contributed by atoms with E-state index in [1.165, 1.54) is 5.94 Å². The van der Waals surface area contributed by atoms with Crippen LogP contribution in [0.4, 0.5) is 4.79 Å². The van der Waals surface area contributed by atoms with Crippen molar-refractivity contribution < 1.29 is 19.1 Å². The SMILES string of the molecule is CCCOC(=O)OCC=C=O. The van der Waals surface area contributed by atoms with Crippen LogP contribution in [-0.2, 0) is 14.3 Å². The second-order valence-electron chi connectivity index (χ2n) is 1.73. The van der Waals surface area contributed by atoms with E-state index in [1.807, 2.05) is 6.92 Å². The van der Waals surface area contributed by atoms with E-state index in [-0.39, 0.29) is 6.61 Å². The molecule has 0 unspecified atom stereocenters. The van der Waals surface area contributed by atoms with Gasteiger partial charge in [-0.25, -0.2) is 9.59 Å². The third kappa shape index (κ3) is 6.61. The Hall–Kier alpha value is -1.28. The molecule has 0 saturated heterocycles. The lowest BCUT2D eigenvalue weighted by atomic mass is 10.5. The third-order valence-corrected chi connectivity index (χ3v) is 0.792. The molecule has 11 heavy (non-hydrogen) atoms. The van der Waals surface area contributed by atoms with Crippen LogP contribution >= 0.6 is 0 Å². The highest BCUT2D eigenvalue weighted by molar-refractivity contribution is 5.60. The number of carbonyl (C=O) groups excluding carboxylic acids is 2. The maximum atomic E-state index is 10.5. The highest BCUT2D eigenvalue weighted by atomic mass is 16.7. The quantitative estimate of drug-likeness (QED) is 0.451. The smallest absolute Gasteiger partial charge is 0.434 e. The minimum atomic E-state index is -0.752. The first-order chi connectivity index (χ1) is 5.31. The van der Waals surface area contributed by atoms with E-state index in [0.29, 0.717) is 6.61 Å². The highest BCUT2D eigenvalue weighted by Gasteiger charge is 1.99. The summed E-state index contributed by atoms with van der Waals surface area (Å²) in [5.74, 6) is 1.47. The Kier molecular flexibility index (Phi) is 6.04. The first-order valence-electron chi connectivity index (χ1n) is 3.30. The van der Waals surface area contributed by atoms with Crippen LogP contribution in [-0.4, -0.2) is 25.3 Å². The molecule has 4 nitrogen and oxygen atoms in total. The fraction of sp³-hybridized carbons (Fsp3) is 0.571. The van der Waals surface area contributed by atoms with Crippen molar-refractivity contribution in [3.8, 4) is 0 Å². The van der Waals surface area contributed by atoms with E-state index in [1.54, 1.807) is 0 Å². The Morgan fingerprint density at radius 3 is 2.82 bits per heavy atom. The van der Waals surface area contributed by atoms with Crippen LogP contribution < -0.4 is 0 Å². The summed E-state index contributed by atoms with van der Waals surface area (Å²) in [5.41, 5.74) is 0. The van der Waals surface area contributed by atoms with Crippen molar-refractivity contribution in [2.75, 3.05) is 13.2 Å². The van der Waals surface area contributed by atoms with E-state index < -0.39 is 6.16 Å². The molecule has 0 aliphatic carbocycles. The lowest BCUT2D eigenvalue weighted by Gasteiger charge is -2.00. The standard InChI is InChI=1S/C7H10O4/c1-2-5-10-7(9)11-6-3-4-8/h3H,2,5-6H2,1H3. The lowest BCUT2D eigenvalue weighted by Crippen LogP contribution is -2.07.